The number of carbonyl (C=O) groups excluding carboxylic acids is 1. The lowest BCUT2D eigenvalue weighted by Gasteiger charge is -2.19. The zero-order chi connectivity index (χ0) is 29.6. The Kier molecular flexibility index (Phi) is 7.50. The number of hydrogen-bond acceptors (Lipinski definition) is 5. The van der Waals surface area contributed by atoms with Gasteiger partial charge in [-0.05, 0) is 48.0 Å². The zero-order valence-electron chi connectivity index (χ0n) is 20.8. The molecule has 3 N–H and O–H groups in total. The number of aromatic nitrogens is 2. The van der Waals surface area contributed by atoms with Gasteiger partial charge in [-0.3, -0.25) is 9.52 Å². The summed E-state index contributed by atoms with van der Waals surface area (Å²) in [6.45, 7) is 3.28. The number of primary amides is 1. The maximum Gasteiger partial charge on any atom is 0.416 e. The van der Waals surface area contributed by atoms with Crippen molar-refractivity contribution >= 4 is 44.1 Å². The predicted molar refractivity (Wildman–Crippen MR) is 139 cm³/mol. The molecule has 0 saturated carbocycles. The number of halogens is 6. The molecule has 0 saturated heterocycles. The molecule has 0 unspecified atom stereocenters. The molecule has 0 fully saturated rings. The first kappa shape index (κ1) is 29.2. The average Bonchev–Trinajstić information content (AvgIpc) is 2.84. The molecule has 210 valence electrons. The Labute approximate surface area is 230 Å². The number of benzene rings is 3. The van der Waals surface area contributed by atoms with Crippen molar-refractivity contribution in [2.24, 2.45) is 11.1 Å². The number of nitrogens with two attached hydrogens (primary N) is 1. The van der Waals surface area contributed by atoms with Crippen LogP contribution >= 0.6 is 11.6 Å². The summed E-state index contributed by atoms with van der Waals surface area (Å²) in [6, 6.07) is 7.47. The summed E-state index contributed by atoms with van der Waals surface area (Å²) in [5.41, 5.74) is 2.30. The predicted octanol–water partition coefficient (Wildman–Crippen LogP) is 6.10. The van der Waals surface area contributed by atoms with Crippen LogP contribution < -0.4 is 10.5 Å². The highest BCUT2D eigenvalue weighted by atomic mass is 35.5. The second-order valence-corrected chi connectivity index (χ2v) is 11.7. The highest BCUT2D eigenvalue weighted by Crippen LogP contribution is 2.36. The van der Waals surface area contributed by atoms with Crippen molar-refractivity contribution in [1.82, 2.24) is 9.97 Å². The molecule has 0 radical (unpaired) electrons. The van der Waals surface area contributed by atoms with Crippen molar-refractivity contribution in [2.75, 3.05) is 4.72 Å². The monoisotopic (exact) mass is 598 g/mol. The third-order valence-electron chi connectivity index (χ3n) is 6.03. The summed E-state index contributed by atoms with van der Waals surface area (Å²) in [7, 11) is -4.76. The van der Waals surface area contributed by atoms with Crippen LogP contribution in [0.1, 0.15) is 25.2 Å². The molecule has 0 aliphatic heterocycles. The molecule has 3 aromatic carbocycles. The summed E-state index contributed by atoms with van der Waals surface area (Å²) in [6.07, 6.45) is -3.33. The smallest absolute Gasteiger partial charge is 0.369 e. The van der Waals surface area contributed by atoms with Crippen LogP contribution in [0.5, 0.6) is 0 Å². The number of anilines is 1. The third kappa shape index (κ3) is 5.99. The molecule has 4 rings (SSSR count). The van der Waals surface area contributed by atoms with Crippen molar-refractivity contribution in [2.45, 2.75) is 31.3 Å². The van der Waals surface area contributed by atoms with Gasteiger partial charge in [0.15, 0.2) is 5.82 Å². The van der Waals surface area contributed by atoms with Gasteiger partial charge in [0.2, 0.25) is 5.91 Å². The van der Waals surface area contributed by atoms with Gasteiger partial charge < -0.3 is 5.73 Å². The molecule has 7 nitrogen and oxygen atoms in total. The van der Waals surface area contributed by atoms with E-state index < -0.39 is 65.9 Å². The second-order valence-electron chi connectivity index (χ2n) is 9.55. The second kappa shape index (κ2) is 10.3. The Morgan fingerprint density at radius 3 is 2.40 bits per heavy atom. The van der Waals surface area contributed by atoms with Crippen molar-refractivity contribution in [3.05, 3.63) is 82.8 Å². The molecule has 0 bridgehead atoms. The molecule has 1 aromatic heterocycles. The number of amides is 1. The minimum atomic E-state index is -4.89. The lowest BCUT2D eigenvalue weighted by Crippen LogP contribution is -2.33. The van der Waals surface area contributed by atoms with E-state index in [1.165, 1.54) is 24.4 Å². The van der Waals surface area contributed by atoms with Crippen molar-refractivity contribution in [3.63, 3.8) is 0 Å². The fourth-order valence-corrected chi connectivity index (χ4v) is 5.20. The van der Waals surface area contributed by atoms with E-state index in [0.717, 1.165) is 18.2 Å². The molecule has 40 heavy (non-hydrogen) atoms. The quantitative estimate of drug-likeness (QED) is 0.249. The van der Waals surface area contributed by atoms with Gasteiger partial charge in [0.25, 0.3) is 10.0 Å². The van der Waals surface area contributed by atoms with Gasteiger partial charge >= 0.3 is 6.18 Å². The molecule has 1 amide bonds. The van der Waals surface area contributed by atoms with Crippen molar-refractivity contribution in [3.8, 4) is 11.1 Å². The maximum absolute atomic E-state index is 15.5. The molecule has 0 aliphatic carbocycles. The Bertz CT molecular complexity index is 1760. The summed E-state index contributed by atoms with van der Waals surface area (Å²) in [4.78, 5) is 19.3. The van der Waals surface area contributed by atoms with Crippen LogP contribution in [-0.4, -0.2) is 24.3 Å². The van der Waals surface area contributed by atoms with Crippen LogP contribution in [0.15, 0.2) is 59.6 Å². The first-order valence-corrected chi connectivity index (χ1v) is 13.3. The Morgan fingerprint density at radius 2 is 1.75 bits per heavy atom. The molecule has 0 aliphatic rings. The number of sulfonamides is 1. The highest BCUT2D eigenvalue weighted by Gasteiger charge is 2.33. The number of fused-ring (bicyclic) bond motifs is 1. The van der Waals surface area contributed by atoms with Gasteiger partial charge in [-0.25, -0.2) is 27.2 Å². The van der Waals surface area contributed by atoms with E-state index in [1.54, 1.807) is 13.8 Å². The summed E-state index contributed by atoms with van der Waals surface area (Å²) in [5, 5.41) is -0.114. The van der Waals surface area contributed by atoms with E-state index in [1.807, 2.05) is 4.72 Å². The molecule has 14 heteroatoms. The van der Waals surface area contributed by atoms with Gasteiger partial charge in [0.1, 0.15) is 11.6 Å². The topological polar surface area (TPSA) is 115 Å². The average molecular weight is 599 g/mol. The van der Waals surface area contributed by atoms with Gasteiger partial charge in [0.05, 0.1) is 32.6 Å². The van der Waals surface area contributed by atoms with Crippen LogP contribution in [0.3, 0.4) is 0 Å². The molecule has 0 spiro atoms. The van der Waals surface area contributed by atoms with Crippen LogP contribution in [0.25, 0.3) is 22.0 Å². The van der Waals surface area contributed by atoms with Crippen LogP contribution in [0.4, 0.5) is 27.6 Å². The fourth-order valence-electron chi connectivity index (χ4n) is 3.78. The summed E-state index contributed by atoms with van der Waals surface area (Å²) >= 11 is 5.68. The first-order valence-electron chi connectivity index (χ1n) is 11.4. The van der Waals surface area contributed by atoms with Crippen LogP contribution in [0.2, 0.25) is 5.02 Å². The normalized spacial score (nSPS) is 12.5. The fraction of sp³-hybridized carbons (Fsp3) is 0.192. The number of hydrogen-bond donors (Lipinski definition) is 2. The minimum Gasteiger partial charge on any atom is -0.369 e. The molecule has 1 heterocycles. The third-order valence-corrected chi connectivity index (χ3v) is 7.59. The lowest BCUT2D eigenvalue weighted by molar-refractivity contribution is -0.137. The van der Waals surface area contributed by atoms with E-state index in [9.17, 15) is 30.8 Å². The standard InChI is InChI=1S/C26H20ClF5N4O3S/c1-25(2,24(33)37)11-21-34-12-14-7-13(3-5-19(14)35-21)22-18(28)4-6-20(23(22)29)36-40(38,39)17-9-15(26(30,31)32)8-16(27)10-17/h3-10,12,36H,11H2,1-2H3,(H2,33,37). The Balaban J connectivity index is 1.70. The number of nitrogens with zero attached hydrogens (tertiary/aromatic N) is 2. The molecule has 0 atom stereocenters. The van der Waals surface area contributed by atoms with Gasteiger partial charge in [-0.15, -0.1) is 0 Å². The van der Waals surface area contributed by atoms with Gasteiger partial charge in [-0.2, -0.15) is 13.2 Å². The lowest BCUT2D eigenvalue weighted by atomic mass is 9.88. The van der Waals surface area contributed by atoms with Gasteiger partial charge in [0, 0.05) is 23.0 Å². The van der Waals surface area contributed by atoms with Crippen molar-refractivity contribution in [1.29, 1.82) is 0 Å². The van der Waals surface area contributed by atoms with Crippen molar-refractivity contribution < 1.29 is 35.2 Å². The Morgan fingerprint density at radius 1 is 1.05 bits per heavy atom. The highest BCUT2D eigenvalue weighted by molar-refractivity contribution is 7.92. The minimum absolute atomic E-state index is 0.0134. The van der Waals surface area contributed by atoms with E-state index in [2.05, 4.69) is 9.97 Å². The Hall–Kier alpha value is -3.84. The first-order chi connectivity index (χ1) is 18.5. The number of carbonyl (C=O) groups is 1. The van der Waals surface area contributed by atoms with E-state index >= 15 is 4.39 Å². The zero-order valence-corrected chi connectivity index (χ0v) is 22.3. The van der Waals surface area contributed by atoms with Crippen LogP contribution in [0, 0.1) is 17.0 Å². The van der Waals surface area contributed by atoms with Gasteiger partial charge in [-0.1, -0.05) is 31.5 Å². The van der Waals surface area contributed by atoms with E-state index in [0.29, 0.717) is 28.9 Å². The number of alkyl halides is 3. The largest absolute Gasteiger partial charge is 0.416 e. The summed E-state index contributed by atoms with van der Waals surface area (Å²) < 4.78 is 97.2. The number of rotatable bonds is 7. The summed E-state index contributed by atoms with van der Waals surface area (Å²) in [5.74, 6) is -2.54. The van der Waals surface area contributed by atoms with E-state index in [-0.39, 0.29) is 12.0 Å². The van der Waals surface area contributed by atoms with Crippen LogP contribution in [-0.2, 0) is 27.4 Å². The molecular formula is C26H20ClF5N4O3S. The number of nitrogens with one attached hydrogen (secondary N) is 1. The van der Waals surface area contributed by atoms with E-state index in [4.69, 9.17) is 17.3 Å². The SMILES string of the molecule is CC(C)(Cc1ncc2cc(-c3c(F)ccc(NS(=O)(=O)c4cc(Cl)cc(C(F)(F)F)c4)c3F)ccc2n1)C(N)=O. The molecular weight excluding hydrogens is 579 g/mol. The molecule has 4 aromatic rings. The maximum atomic E-state index is 15.5.